The van der Waals surface area contributed by atoms with Gasteiger partial charge in [-0.1, -0.05) is 63.2 Å². The maximum Gasteiger partial charge on any atom is 0.259 e. The number of fused-ring (bicyclic) bond motifs is 1. The standard InChI is InChI=1S/C48H60N6O8S/c1-6-32-27-48(32,46(58)52-63(59,60)35-18-19-35)51-44(56)41-24-34(62-42-26-38(30-13-8-7-9-14-30)50-39-23-33(61-5)17-20-36(39)42)29-54(41)45(57)37(47(2,3)4)25-43(55)53-22-11-10-16-40(53)31-15-12-21-49-28-31/h6-9,12-15,21,26,28,32-35,37,40-41H,1,10-11,16-20,22-25,27,29H2,2-5H3,(H,51,56)(H,52,58)/t32-,33?,34-,37-,40+,41+,48-/m1/s1. The van der Waals surface area contributed by atoms with Gasteiger partial charge in [0, 0.05) is 68.4 Å². The van der Waals surface area contributed by atoms with Crippen molar-refractivity contribution in [1.82, 2.24) is 29.8 Å². The molecule has 7 atom stereocenters. The average molecular weight is 881 g/mol. The van der Waals surface area contributed by atoms with Crippen molar-refractivity contribution in [3.05, 3.63) is 90.4 Å². The molecule has 0 radical (unpaired) electrons. The molecule has 4 heterocycles. The number of amides is 4. The minimum Gasteiger partial charge on any atom is -0.488 e. The molecule has 0 spiro atoms. The minimum atomic E-state index is -3.91. The van der Waals surface area contributed by atoms with Crippen LogP contribution in [0.25, 0.3) is 11.3 Å². The van der Waals surface area contributed by atoms with E-state index in [2.05, 4.69) is 21.6 Å². The molecular weight excluding hydrogens is 821 g/mol. The van der Waals surface area contributed by atoms with Crippen molar-refractivity contribution < 1.29 is 37.1 Å². The monoisotopic (exact) mass is 880 g/mol. The maximum absolute atomic E-state index is 15.2. The Balaban J connectivity index is 1.11. The number of ether oxygens (including phenoxy) is 2. The highest BCUT2D eigenvalue weighted by atomic mass is 32.2. The van der Waals surface area contributed by atoms with Gasteiger partial charge in [-0.25, -0.2) is 8.42 Å². The molecule has 63 heavy (non-hydrogen) atoms. The topological polar surface area (TPSA) is 177 Å². The van der Waals surface area contributed by atoms with Crippen LogP contribution >= 0.6 is 0 Å². The van der Waals surface area contributed by atoms with Crippen LogP contribution in [-0.4, -0.2) is 101 Å². The Morgan fingerprint density at radius 2 is 1.79 bits per heavy atom. The van der Waals surface area contributed by atoms with E-state index < -0.39 is 62.0 Å². The zero-order valence-electron chi connectivity index (χ0n) is 36.8. The van der Waals surface area contributed by atoms with E-state index in [1.54, 1.807) is 25.6 Å². The van der Waals surface area contributed by atoms with Crippen LogP contribution in [-0.2, 0) is 46.8 Å². The van der Waals surface area contributed by atoms with Crippen LogP contribution in [0.5, 0.6) is 5.75 Å². The van der Waals surface area contributed by atoms with Crippen LogP contribution in [0.1, 0.15) is 101 Å². The molecule has 0 bridgehead atoms. The lowest BCUT2D eigenvalue weighted by Gasteiger charge is -2.39. The normalized spacial score (nSPS) is 26.3. The molecule has 336 valence electrons. The number of carbonyl (C=O) groups excluding carboxylic acids is 4. The summed E-state index contributed by atoms with van der Waals surface area (Å²) in [5.41, 5.74) is 2.18. The average Bonchev–Trinajstić information content (AvgIpc) is 4.22. The van der Waals surface area contributed by atoms with E-state index in [0.29, 0.717) is 38.0 Å². The third-order valence-electron chi connectivity index (χ3n) is 13.7. The molecule has 14 nitrogen and oxygen atoms in total. The minimum absolute atomic E-state index is 0.00348. The molecule has 2 aromatic heterocycles. The first-order chi connectivity index (χ1) is 30.1. The second-order valence-electron chi connectivity index (χ2n) is 19.1. The number of benzene rings is 1. The zero-order chi connectivity index (χ0) is 44.7. The third kappa shape index (κ3) is 9.41. The van der Waals surface area contributed by atoms with E-state index in [4.69, 9.17) is 14.5 Å². The van der Waals surface area contributed by atoms with E-state index >= 15 is 4.79 Å². The fourth-order valence-electron chi connectivity index (χ4n) is 9.70. The summed E-state index contributed by atoms with van der Waals surface area (Å²) < 4.78 is 40.7. The lowest BCUT2D eigenvalue weighted by atomic mass is 9.77. The Labute approximate surface area is 370 Å². The van der Waals surface area contributed by atoms with Crippen LogP contribution < -0.4 is 14.8 Å². The van der Waals surface area contributed by atoms with Crippen molar-refractivity contribution in [3.63, 3.8) is 0 Å². The van der Waals surface area contributed by atoms with Gasteiger partial charge in [0.2, 0.25) is 27.7 Å². The summed E-state index contributed by atoms with van der Waals surface area (Å²) in [6.45, 7) is 10.2. The molecule has 3 aliphatic carbocycles. The van der Waals surface area contributed by atoms with Crippen molar-refractivity contribution in [2.75, 3.05) is 20.2 Å². The second kappa shape index (κ2) is 17.8. The van der Waals surface area contributed by atoms with Crippen LogP contribution in [0.15, 0.2) is 73.6 Å². The van der Waals surface area contributed by atoms with Crippen molar-refractivity contribution in [2.24, 2.45) is 17.3 Å². The van der Waals surface area contributed by atoms with Gasteiger partial charge in [-0.05, 0) is 68.4 Å². The predicted octanol–water partition coefficient (Wildman–Crippen LogP) is 5.47. The number of aromatic nitrogens is 2. The van der Waals surface area contributed by atoms with Gasteiger partial charge in [-0.15, -0.1) is 6.58 Å². The number of nitrogens with zero attached hydrogens (tertiary/aromatic N) is 4. The van der Waals surface area contributed by atoms with Gasteiger partial charge in [-0.3, -0.25) is 33.9 Å². The summed E-state index contributed by atoms with van der Waals surface area (Å²) in [7, 11) is -2.21. The Bertz CT molecular complexity index is 2330. The number of hydrogen-bond acceptors (Lipinski definition) is 10. The van der Waals surface area contributed by atoms with Crippen LogP contribution in [0.3, 0.4) is 0 Å². The summed E-state index contributed by atoms with van der Waals surface area (Å²) in [5.74, 6) is -2.64. The maximum atomic E-state index is 15.2. The Kier molecular flexibility index (Phi) is 12.6. The van der Waals surface area contributed by atoms with E-state index in [9.17, 15) is 22.8 Å². The number of rotatable bonds is 14. The summed E-state index contributed by atoms with van der Waals surface area (Å²) >= 11 is 0. The van der Waals surface area contributed by atoms with E-state index in [1.165, 1.54) is 4.90 Å². The lowest BCUT2D eigenvalue weighted by molar-refractivity contribution is -0.149. The smallest absolute Gasteiger partial charge is 0.259 e. The van der Waals surface area contributed by atoms with Crippen molar-refractivity contribution in [3.8, 4) is 17.0 Å². The number of nitrogens with one attached hydrogen (secondary N) is 2. The summed E-state index contributed by atoms with van der Waals surface area (Å²) in [4.78, 5) is 70.9. The fraction of sp³-hybridized carbons (Fsp3) is 0.542. The SMILES string of the molecule is C=C[C@@H]1C[C@]1(NC(=O)[C@@H]1C[C@@H](Oc2cc(-c3ccccc3)nc3c2CCC(OC)C3)CN1C(=O)[C@@H](CC(=O)N1CCCC[C@H]1c1cccnc1)C(C)(C)C)C(=O)NS(=O)(=O)C1CC1. The molecule has 3 aromatic rings. The molecule has 2 saturated heterocycles. The second-order valence-corrected chi connectivity index (χ2v) is 21.0. The Morgan fingerprint density at radius 1 is 1.02 bits per heavy atom. The molecule has 2 N–H and O–H groups in total. The zero-order valence-corrected chi connectivity index (χ0v) is 37.6. The molecule has 5 aliphatic rings. The molecule has 2 aliphatic heterocycles. The van der Waals surface area contributed by atoms with Crippen LogP contribution in [0, 0.1) is 17.3 Å². The number of pyridine rings is 2. The summed E-state index contributed by atoms with van der Waals surface area (Å²) in [5, 5.41) is 2.27. The fourth-order valence-corrected chi connectivity index (χ4v) is 11.1. The molecule has 1 unspecified atom stereocenters. The van der Waals surface area contributed by atoms with Crippen molar-refractivity contribution in [1.29, 1.82) is 0 Å². The number of likely N-dealkylation sites (tertiary alicyclic amines) is 2. The van der Waals surface area contributed by atoms with Gasteiger partial charge < -0.3 is 24.6 Å². The lowest BCUT2D eigenvalue weighted by Crippen LogP contribution is -2.57. The first-order valence-electron chi connectivity index (χ1n) is 22.4. The van der Waals surface area contributed by atoms with Crippen LogP contribution in [0.2, 0.25) is 0 Å². The first-order valence-corrected chi connectivity index (χ1v) is 23.9. The number of carbonyl (C=O) groups is 4. The molecular formula is C48H60N6O8S. The predicted molar refractivity (Wildman–Crippen MR) is 236 cm³/mol. The van der Waals surface area contributed by atoms with Crippen molar-refractivity contribution >= 4 is 33.7 Å². The summed E-state index contributed by atoms with van der Waals surface area (Å²) in [6.07, 6.45) is 10.2. The molecule has 4 fully saturated rings. The molecule has 2 saturated carbocycles. The van der Waals surface area contributed by atoms with Gasteiger partial charge in [0.15, 0.2) is 0 Å². The number of piperidine rings is 1. The van der Waals surface area contributed by atoms with Crippen molar-refractivity contribution in [2.45, 2.75) is 126 Å². The van der Waals surface area contributed by atoms with Gasteiger partial charge in [0.1, 0.15) is 23.4 Å². The Morgan fingerprint density at radius 3 is 2.46 bits per heavy atom. The van der Waals surface area contributed by atoms with Crippen LogP contribution in [0.4, 0.5) is 0 Å². The quantitative estimate of drug-likeness (QED) is 0.198. The number of sulfonamides is 1. The van der Waals surface area contributed by atoms with E-state index in [1.807, 2.05) is 74.2 Å². The Hall–Kier alpha value is -5.15. The van der Waals surface area contributed by atoms with Gasteiger partial charge in [-0.2, -0.15) is 0 Å². The highest BCUT2D eigenvalue weighted by Crippen LogP contribution is 2.46. The van der Waals surface area contributed by atoms with E-state index in [0.717, 1.165) is 53.8 Å². The number of hydrogen-bond donors (Lipinski definition) is 2. The van der Waals surface area contributed by atoms with Gasteiger partial charge >= 0.3 is 0 Å². The van der Waals surface area contributed by atoms with Gasteiger partial charge in [0.25, 0.3) is 5.91 Å². The van der Waals surface area contributed by atoms with E-state index in [-0.39, 0.29) is 49.8 Å². The molecule has 1 aromatic carbocycles. The first kappa shape index (κ1) is 44.5. The largest absolute Gasteiger partial charge is 0.488 e. The molecule has 8 rings (SSSR count). The molecule has 4 amide bonds. The highest BCUT2D eigenvalue weighted by molar-refractivity contribution is 7.91. The van der Waals surface area contributed by atoms with Gasteiger partial charge in [0.05, 0.1) is 41.2 Å². The number of methoxy groups -OCH3 is 1. The third-order valence-corrected chi connectivity index (χ3v) is 15.5. The summed E-state index contributed by atoms with van der Waals surface area (Å²) in [6, 6.07) is 14.3. The molecule has 15 heteroatoms. The highest BCUT2D eigenvalue weighted by Gasteiger charge is 2.62.